The molecule has 0 saturated carbocycles. The minimum absolute atomic E-state index is 0.0225. The molecule has 2 fully saturated rings. The number of anilines is 4. The third-order valence-electron chi connectivity index (χ3n) is 11.1. The minimum Gasteiger partial charge on any atom is -0.379 e. The van der Waals surface area contributed by atoms with Gasteiger partial charge in [-0.3, -0.25) is 39.0 Å². The molecule has 2 aromatic carbocycles. The number of ether oxygens (including phenoxy) is 4. The van der Waals surface area contributed by atoms with E-state index in [0.717, 1.165) is 16.3 Å². The number of nitrogens with one attached hydrogen (secondary N) is 3. The molecule has 2 saturated heterocycles. The summed E-state index contributed by atoms with van der Waals surface area (Å²) in [5, 5.41) is 9.23. The first-order chi connectivity index (χ1) is 32.0. The Bertz CT molecular complexity index is 2410. The molecule has 19 nitrogen and oxygen atoms in total. The van der Waals surface area contributed by atoms with Crippen LogP contribution in [0.5, 0.6) is 0 Å². The Morgan fingerprint density at radius 2 is 1.56 bits per heavy atom. The lowest BCUT2D eigenvalue weighted by Gasteiger charge is -2.35. The lowest BCUT2D eigenvalue weighted by atomic mass is 9.99. The van der Waals surface area contributed by atoms with Crippen molar-refractivity contribution in [1.29, 1.82) is 0 Å². The number of fused-ring (bicyclic) bond motifs is 1. The summed E-state index contributed by atoms with van der Waals surface area (Å²) < 4.78 is 22.5. The number of piperidine rings is 1. The molecule has 6 amide bonds. The van der Waals surface area contributed by atoms with Gasteiger partial charge in [-0.25, -0.2) is 15.0 Å². The summed E-state index contributed by atoms with van der Waals surface area (Å²) in [7, 11) is 0. The molecule has 7 rings (SSSR count). The van der Waals surface area contributed by atoms with Crippen LogP contribution in [0.1, 0.15) is 73.0 Å². The summed E-state index contributed by atoms with van der Waals surface area (Å²) >= 11 is 7.48. The van der Waals surface area contributed by atoms with E-state index >= 15 is 0 Å². The van der Waals surface area contributed by atoms with Crippen molar-refractivity contribution in [3.63, 3.8) is 0 Å². The Morgan fingerprint density at radius 3 is 2.27 bits per heavy atom. The number of hydrogen-bond donors (Lipinski definition) is 3. The molecule has 3 N–H and O–H groups in total. The van der Waals surface area contributed by atoms with Gasteiger partial charge in [0.1, 0.15) is 28.4 Å². The minimum atomic E-state index is -1.000. The van der Waals surface area contributed by atoms with Crippen LogP contribution < -0.4 is 20.9 Å². The number of imide groups is 2. The normalized spacial score (nSPS) is 16.2. The fourth-order valence-corrected chi connectivity index (χ4v) is 8.70. The van der Waals surface area contributed by atoms with Gasteiger partial charge in [0.25, 0.3) is 17.7 Å². The van der Waals surface area contributed by atoms with Crippen LogP contribution in [0.4, 0.5) is 22.5 Å². The average molecular weight is 946 g/mol. The molecule has 0 spiro atoms. The van der Waals surface area contributed by atoms with Crippen LogP contribution >= 0.6 is 22.9 Å². The van der Waals surface area contributed by atoms with Crippen LogP contribution in [-0.2, 0) is 39.8 Å². The Morgan fingerprint density at radius 1 is 0.864 bits per heavy atom. The van der Waals surface area contributed by atoms with Crippen molar-refractivity contribution >= 4 is 80.8 Å². The Balaban J connectivity index is 0.703. The molecule has 3 aliphatic heterocycles. The van der Waals surface area contributed by atoms with E-state index in [0.29, 0.717) is 129 Å². The Hall–Kier alpha value is -5.90. The second-order valence-electron chi connectivity index (χ2n) is 15.7. The molecule has 0 aliphatic carbocycles. The molecule has 21 heteroatoms. The summed E-state index contributed by atoms with van der Waals surface area (Å²) in [6.45, 7) is 8.94. The maximum absolute atomic E-state index is 13.3. The van der Waals surface area contributed by atoms with Gasteiger partial charge >= 0.3 is 0 Å². The smallest absolute Gasteiger partial charge is 0.267 e. The van der Waals surface area contributed by atoms with E-state index in [1.165, 1.54) is 17.5 Å². The summed E-state index contributed by atoms with van der Waals surface area (Å²) in [5.74, 6) is -0.530. The standard InChI is InChI=1S/C45H52ClN9O10S/c1-28-6-3-10-32(46)40(28)52-42(59)34-27-47-45(66-34)50-35-26-36(49-29(2)48-35)53-14-16-54(17-15-53)38(57)13-19-63-21-23-65-25-24-64-22-20-62-18-5-8-30-7-4-9-31-39(30)44(61)55(43(31)60)33-11-12-37(56)51-41(33)58/h3-4,6-7,9-10,26-27,33H,5,8,11-25H2,1-2H3,(H,52,59)(H,51,56,58)(H,47,48,49,50). The summed E-state index contributed by atoms with van der Waals surface area (Å²) in [6, 6.07) is 11.4. The van der Waals surface area contributed by atoms with Crippen molar-refractivity contribution in [3.05, 3.63) is 86.6 Å². The number of amides is 6. The monoisotopic (exact) mass is 945 g/mol. The average Bonchev–Trinajstić information content (AvgIpc) is 3.87. The van der Waals surface area contributed by atoms with Crippen LogP contribution in [0.25, 0.3) is 0 Å². The fraction of sp³-hybridized carbons (Fsp3) is 0.444. The van der Waals surface area contributed by atoms with Crippen molar-refractivity contribution in [2.45, 2.75) is 52.0 Å². The summed E-state index contributed by atoms with van der Waals surface area (Å²) in [4.78, 5) is 94.9. The number of thiazole rings is 1. The third-order valence-corrected chi connectivity index (χ3v) is 12.3. The molecule has 1 atom stereocenters. The molecular weight excluding hydrogens is 894 g/mol. The number of aryl methyl sites for hydroxylation is 3. The van der Waals surface area contributed by atoms with E-state index in [4.69, 9.17) is 30.5 Å². The van der Waals surface area contributed by atoms with E-state index in [-0.39, 0.29) is 43.2 Å². The van der Waals surface area contributed by atoms with Crippen molar-refractivity contribution in [2.24, 2.45) is 0 Å². The molecular formula is C45H52ClN9O10S. The molecule has 0 bridgehead atoms. The SMILES string of the molecule is Cc1nc(Nc2ncc(C(=O)Nc3c(C)cccc3Cl)s2)cc(N2CCN(C(=O)CCOCCOCCOCCOCCCc3cccc4c3C(=O)N(C3CCC(=O)NC3=O)C4=O)CC2)n1. The topological polar surface area (TPSA) is 224 Å². The second-order valence-corrected chi connectivity index (χ2v) is 17.1. The first-order valence-corrected chi connectivity index (χ1v) is 23.0. The zero-order valence-corrected chi connectivity index (χ0v) is 38.3. The van der Waals surface area contributed by atoms with Gasteiger partial charge in [0.05, 0.1) is 80.7 Å². The maximum Gasteiger partial charge on any atom is 0.267 e. The van der Waals surface area contributed by atoms with Gasteiger partial charge in [0, 0.05) is 45.3 Å². The predicted molar refractivity (Wildman–Crippen MR) is 244 cm³/mol. The number of piperazine rings is 1. The van der Waals surface area contributed by atoms with Crippen LogP contribution in [0, 0.1) is 13.8 Å². The van der Waals surface area contributed by atoms with Gasteiger partial charge in [0.15, 0.2) is 5.13 Å². The second kappa shape index (κ2) is 23.0. The number of rotatable bonds is 22. The van der Waals surface area contributed by atoms with Gasteiger partial charge in [-0.1, -0.05) is 47.2 Å². The largest absolute Gasteiger partial charge is 0.379 e. The molecule has 1 unspecified atom stereocenters. The number of aromatic nitrogens is 3. The van der Waals surface area contributed by atoms with Crippen LogP contribution in [0.15, 0.2) is 48.7 Å². The molecule has 66 heavy (non-hydrogen) atoms. The lowest BCUT2D eigenvalue weighted by Crippen LogP contribution is -2.54. The summed E-state index contributed by atoms with van der Waals surface area (Å²) in [5.41, 5.74) is 2.70. The third kappa shape index (κ3) is 12.3. The van der Waals surface area contributed by atoms with Crippen molar-refractivity contribution in [1.82, 2.24) is 30.1 Å². The first-order valence-electron chi connectivity index (χ1n) is 21.8. The molecule has 3 aliphatic rings. The zero-order valence-electron chi connectivity index (χ0n) is 36.8. The molecule has 0 radical (unpaired) electrons. The van der Waals surface area contributed by atoms with Crippen LogP contribution in [0.2, 0.25) is 5.02 Å². The molecule has 2 aromatic heterocycles. The number of benzene rings is 2. The number of hydrogen-bond acceptors (Lipinski definition) is 16. The molecule has 350 valence electrons. The number of halogens is 1. The lowest BCUT2D eigenvalue weighted by molar-refractivity contribution is -0.136. The highest BCUT2D eigenvalue weighted by molar-refractivity contribution is 7.17. The number of carbonyl (C=O) groups is 6. The van der Waals surface area contributed by atoms with Crippen LogP contribution in [-0.4, -0.2) is 145 Å². The van der Waals surface area contributed by atoms with Crippen molar-refractivity contribution in [3.8, 4) is 0 Å². The number of carbonyl (C=O) groups excluding carboxylic acids is 6. The number of nitrogens with zero attached hydrogens (tertiary/aromatic N) is 6. The van der Waals surface area contributed by atoms with Gasteiger partial charge in [-0.15, -0.1) is 0 Å². The zero-order chi connectivity index (χ0) is 46.6. The van der Waals surface area contributed by atoms with E-state index in [2.05, 4.69) is 35.8 Å². The van der Waals surface area contributed by atoms with E-state index < -0.39 is 29.7 Å². The maximum atomic E-state index is 13.3. The van der Waals surface area contributed by atoms with E-state index in [9.17, 15) is 28.8 Å². The highest BCUT2D eigenvalue weighted by Crippen LogP contribution is 2.31. The van der Waals surface area contributed by atoms with E-state index in [1.54, 1.807) is 24.3 Å². The fourth-order valence-electron chi connectivity index (χ4n) is 7.71. The number of para-hydroxylation sites is 1. The first kappa shape index (κ1) is 48.0. The van der Waals surface area contributed by atoms with Gasteiger partial charge < -0.3 is 39.4 Å². The van der Waals surface area contributed by atoms with Gasteiger partial charge in [0.2, 0.25) is 17.7 Å². The van der Waals surface area contributed by atoms with Crippen molar-refractivity contribution < 1.29 is 47.7 Å². The highest BCUT2D eigenvalue weighted by Gasteiger charge is 2.45. The van der Waals surface area contributed by atoms with E-state index in [1.807, 2.05) is 36.9 Å². The van der Waals surface area contributed by atoms with Crippen molar-refractivity contribution in [2.75, 3.05) is 94.6 Å². The highest BCUT2D eigenvalue weighted by atomic mass is 35.5. The Labute approximate surface area is 390 Å². The Kier molecular flexibility index (Phi) is 16.8. The van der Waals surface area contributed by atoms with Gasteiger partial charge in [-0.2, -0.15) is 0 Å². The predicted octanol–water partition coefficient (Wildman–Crippen LogP) is 4.34. The van der Waals surface area contributed by atoms with Crippen LogP contribution in [0.3, 0.4) is 0 Å². The molecule has 4 aromatic rings. The summed E-state index contributed by atoms with van der Waals surface area (Å²) in [6.07, 6.45) is 3.07. The quantitative estimate of drug-likeness (QED) is 0.0737. The molecule has 5 heterocycles. The van der Waals surface area contributed by atoms with Gasteiger partial charge in [-0.05, 0) is 56.4 Å².